The summed E-state index contributed by atoms with van der Waals surface area (Å²) in [6, 6.07) is -0.00400. The largest absolute Gasteiger partial charge is 0.477 e. The molecule has 6 nitrogen and oxygen atoms in total. The zero-order chi connectivity index (χ0) is 15.0. The van der Waals surface area contributed by atoms with Crippen molar-refractivity contribution in [2.24, 2.45) is 0 Å². The molecule has 0 bridgehead atoms. The van der Waals surface area contributed by atoms with E-state index in [0.717, 1.165) is 10.4 Å². The van der Waals surface area contributed by atoms with Gasteiger partial charge >= 0.3 is 5.97 Å². The maximum atomic E-state index is 11.2. The van der Waals surface area contributed by atoms with Gasteiger partial charge in [0.25, 0.3) is 0 Å². The molecule has 0 fully saturated rings. The van der Waals surface area contributed by atoms with Gasteiger partial charge < -0.3 is 10.4 Å². The normalized spacial score (nSPS) is 12.5. The van der Waals surface area contributed by atoms with E-state index in [9.17, 15) is 9.90 Å². The maximum absolute atomic E-state index is 11.2. The lowest BCUT2D eigenvalue weighted by molar-refractivity contribution is 0.0701. The van der Waals surface area contributed by atoms with Crippen LogP contribution in [0.5, 0.6) is 0 Å². The fraction of sp³-hybridized carbons (Fsp3) is 0.231. The first kappa shape index (κ1) is 13.9. The van der Waals surface area contributed by atoms with E-state index in [4.69, 9.17) is 0 Å². The van der Waals surface area contributed by atoms with E-state index in [1.807, 2.05) is 12.3 Å². The molecular formula is C13H12N4O2S2. The van der Waals surface area contributed by atoms with Crippen LogP contribution in [0.4, 0.5) is 5.82 Å². The highest BCUT2D eigenvalue weighted by Gasteiger charge is 2.19. The molecule has 1 atom stereocenters. The number of nitrogens with zero attached hydrogens (tertiary/aromatic N) is 3. The number of carboxylic acid groups (broad SMARTS) is 1. The Morgan fingerprint density at radius 1 is 1.38 bits per heavy atom. The van der Waals surface area contributed by atoms with E-state index >= 15 is 0 Å². The van der Waals surface area contributed by atoms with Crippen molar-refractivity contribution >= 4 is 44.7 Å². The Kier molecular flexibility index (Phi) is 3.56. The van der Waals surface area contributed by atoms with Gasteiger partial charge in [0.15, 0.2) is 0 Å². The number of rotatable bonds is 4. The van der Waals surface area contributed by atoms with Gasteiger partial charge in [-0.1, -0.05) is 0 Å². The molecule has 3 heterocycles. The van der Waals surface area contributed by atoms with Crippen LogP contribution in [0.2, 0.25) is 0 Å². The third-order valence-electron chi connectivity index (χ3n) is 3.10. The number of thiazole rings is 1. The molecule has 0 unspecified atom stereocenters. The molecule has 2 N–H and O–H groups in total. The quantitative estimate of drug-likeness (QED) is 0.766. The number of aromatic nitrogens is 3. The Bertz CT molecular complexity index is 798. The minimum absolute atomic E-state index is 0.00400. The van der Waals surface area contributed by atoms with Gasteiger partial charge in [-0.2, -0.15) is 0 Å². The molecule has 3 aromatic rings. The average molecular weight is 320 g/mol. The molecule has 0 saturated heterocycles. The van der Waals surface area contributed by atoms with Crippen LogP contribution in [-0.4, -0.2) is 26.0 Å². The summed E-state index contributed by atoms with van der Waals surface area (Å²) in [5.74, 6) is -0.293. The minimum atomic E-state index is -0.936. The van der Waals surface area contributed by atoms with Gasteiger partial charge in [0.2, 0.25) is 0 Å². The molecule has 0 saturated carbocycles. The van der Waals surface area contributed by atoms with Crippen molar-refractivity contribution in [1.82, 2.24) is 15.0 Å². The Labute approximate surface area is 128 Å². The van der Waals surface area contributed by atoms with Crippen LogP contribution in [0, 0.1) is 6.92 Å². The Hall–Kier alpha value is -2.06. The van der Waals surface area contributed by atoms with Crippen molar-refractivity contribution in [3.8, 4) is 0 Å². The number of aromatic carboxylic acids is 1. The SMILES string of the molecule is Cc1c(C(=O)O)sc2ncnc(N[C@@H](C)c3nccs3)c12. The predicted molar refractivity (Wildman–Crippen MR) is 83.3 cm³/mol. The van der Waals surface area contributed by atoms with Crippen molar-refractivity contribution in [2.75, 3.05) is 5.32 Å². The number of anilines is 1. The first-order valence-electron chi connectivity index (χ1n) is 6.21. The number of hydrogen-bond donors (Lipinski definition) is 2. The number of hydrogen-bond acceptors (Lipinski definition) is 7. The van der Waals surface area contributed by atoms with Gasteiger partial charge in [-0.25, -0.2) is 19.7 Å². The van der Waals surface area contributed by atoms with Crippen molar-refractivity contribution < 1.29 is 9.90 Å². The van der Waals surface area contributed by atoms with Gasteiger partial charge in [-0.15, -0.1) is 22.7 Å². The summed E-state index contributed by atoms with van der Waals surface area (Å²) in [7, 11) is 0. The summed E-state index contributed by atoms with van der Waals surface area (Å²) in [6.45, 7) is 3.78. The number of carboxylic acids is 1. The van der Waals surface area contributed by atoms with Gasteiger partial charge in [-0.05, 0) is 19.4 Å². The second-order valence-electron chi connectivity index (χ2n) is 4.50. The highest BCUT2D eigenvalue weighted by Crippen LogP contribution is 2.34. The van der Waals surface area contributed by atoms with Gasteiger partial charge in [0.05, 0.1) is 11.4 Å². The molecular weight excluding hydrogens is 308 g/mol. The van der Waals surface area contributed by atoms with E-state index < -0.39 is 5.97 Å². The maximum Gasteiger partial charge on any atom is 0.346 e. The summed E-state index contributed by atoms with van der Waals surface area (Å²) in [5, 5.41) is 16.2. The highest BCUT2D eigenvalue weighted by atomic mass is 32.1. The molecule has 3 rings (SSSR count). The predicted octanol–water partition coefficient (Wildman–Crippen LogP) is 3.33. The molecule has 0 aliphatic rings. The Morgan fingerprint density at radius 3 is 2.86 bits per heavy atom. The topological polar surface area (TPSA) is 88.0 Å². The summed E-state index contributed by atoms with van der Waals surface area (Å²) in [6.07, 6.45) is 3.20. The van der Waals surface area contributed by atoms with Gasteiger partial charge in [-0.3, -0.25) is 0 Å². The van der Waals surface area contributed by atoms with Crippen LogP contribution in [0.3, 0.4) is 0 Å². The summed E-state index contributed by atoms with van der Waals surface area (Å²) >= 11 is 2.73. The number of nitrogens with one attached hydrogen (secondary N) is 1. The van der Waals surface area contributed by atoms with Crippen molar-refractivity contribution in [2.45, 2.75) is 19.9 Å². The zero-order valence-electron chi connectivity index (χ0n) is 11.3. The third-order valence-corrected chi connectivity index (χ3v) is 5.24. The fourth-order valence-electron chi connectivity index (χ4n) is 2.10. The van der Waals surface area contributed by atoms with Gasteiger partial charge in [0.1, 0.15) is 26.9 Å². The lowest BCUT2D eigenvalue weighted by Crippen LogP contribution is -2.08. The Morgan fingerprint density at radius 2 is 2.19 bits per heavy atom. The van der Waals surface area contributed by atoms with E-state index in [0.29, 0.717) is 21.1 Å². The molecule has 8 heteroatoms. The summed E-state index contributed by atoms with van der Waals surface area (Å²) in [4.78, 5) is 24.9. The van der Waals surface area contributed by atoms with Crippen LogP contribution in [0.25, 0.3) is 10.2 Å². The van der Waals surface area contributed by atoms with E-state index in [2.05, 4.69) is 20.3 Å². The van der Waals surface area contributed by atoms with Crippen LogP contribution in [-0.2, 0) is 0 Å². The summed E-state index contributed by atoms with van der Waals surface area (Å²) < 4.78 is 0. The molecule has 3 aromatic heterocycles. The smallest absolute Gasteiger partial charge is 0.346 e. The second kappa shape index (κ2) is 5.38. The monoisotopic (exact) mass is 320 g/mol. The van der Waals surface area contributed by atoms with Crippen molar-refractivity contribution in [1.29, 1.82) is 0 Å². The van der Waals surface area contributed by atoms with Crippen LogP contribution in [0.15, 0.2) is 17.9 Å². The summed E-state index contributed by atoms with van der Waals surface area (Å²) in [5.41, 5.74) is 0.692. The lowest BCUT2D eigenvalue weighted by Gasteiger charge is -2.12. The zero-order valence-corrected chi connectivity index (χ0v) is 13.0. The minimum Gasteiger partial charge on any atom is -0.477 e. The Balaban J connectivity index is 2.04. The molecule has 108 valence electrons. The second-order valence-corrected chi connectivity index (χ2v) is 6.43. The van der Waals surface area contributed by atoms with Crippen LogP contribution < -0.4 is 5.32 Å². The molecule has 21 heavy (non-hydrogen) atoms. The van der Waals surface area contributed by atoms with Crippen LogP contribution >= 0.6 is 22.7 Å². The van der Waals surface area contributed by atoms with E-state index in [1.165, 1.54) is 17.7 Å². The molecule has 0 aliphatic heterocycles. The number of carbonyl (C=O) groups is 1. The molecule has 0 radical (unpaired) electrons. The number of thiophene rings is 1. The van der Waals surface area contributed by atoms with Crippen molar-refractivity contribution in [3.63, 3.8) is 0 Å². The number of fused-ring (bicyclic) bond motifs is 1. The number of aryl methyl sites for hydroxylation is 1. The highest BCUT2D eigenvalue weighted by molar-refractivity contribution is 7.20. The standard InChI is InChI=1S/C13H12N4O2S2/c1-6-8-10(17-7(2)11-14-3-4-20-11)15-5-16-12(8)21-9(6)13(18)19/h3-5,7H,1-2H3,(H,18,19)(H,15,16,17)/t7-/m0/s1. The van der Waals surface area contributed by atoms with Gasteiger partial charge in [0, 0.05) is 11.6 Å². The van der Waals surface area contributed by atoms with E-state index in [1.54, 1.807) is 24.5 Å². The molecule has 0 amide bonds. The van der Waals surface area contributed by atoms with Crippen molar-refractivity contribution in [3.05, 3.63) is 33.4 Å². The molecule has 0 spiro atoms. The van der Waals surface area contributed by atoms with Crippen LogP contribution in [0.1, 0.15) is 33.2 Å². The lowest BCUT2D eigenvalue weighted by atomic mass is 10.2. The fourth-order valence-corrected chi connectivity index (χ4v) is 3.73. The first-order valence-corrected chi connectivity index (χ1v) is 7.91. The third kappa shape index (κ3) is 2.47. The first-order chi connectivity index (χ1) is 10.1. The molecule has 0 aliphatic carbocycles. The molecule has 0 aromatic carbocycles. The average Bonchev–Trinajstić information content (AvgIpc) is 3.07. The van der Waals surface area contributed by atoms with E-state index in [-0.39, 0.29) is 6.04 Å².